The predicted octanol–water partition coefficient (Wildman–Crippen LogP) is 3.74. The summed E-state index contributed by atoms with van der Waals surface area (Å²) in [5, 5.41) is 9.14. The third-order valence-electron chi connectivity index (χ3n) is 5.33. The van der Waals surface area contributed by atoms with Crippen molar-refractivity contribution < 1.29 is 18.7 Å². The normalized spacial score (nSPS) is 12.2. The highest BCUT2D eigenvalue weighted by molar-refractivity contribution is 7.99. The number of hydrogen-bond acceptors (Lipinski definition) is 7. The molecule has 0 fully saturated rings. The number of carbonyl (C=O) groups is 2. The smallest absolute Gasteiger partial charge is 0.339 e. The number of thioether (sulfide) groups is 1. The molecule has 32 heavy (non-hydrogen) atoms. The molecule has 0 bridgehead atoms. The van der Waals surface area contributed by atoms with Gasteiger partial charge in [0.05, 0.1) is 30.2 Å². The maximum Gasteiger partial charge on any atom is 0.339 e. The average molecular weight is 460 g/mol. The number of Topliss-reactive ketones (excluding diaryl/α,β-unsaturated/α-hetero) is 1. The van der Waals surface area contributed by atoms with Crippen LogP contribution in [0.2, 0.25) is 0 Å². The van der Waals surface area contributed by atoms with Crippen molar-refractivity contribution in [3.63, 3.8) is 0 Å². The van der Waals surface area contributed by atoms with Crippen LogP contribution in [0.4, 0.5) is 4.39 Å². The second-order valence-corrected chi connectivity index (χ2v) is 8.56. The van der Waals surface area contributed by atoms with E-state index in [1.807, 2.05) is 30.5 Å². The number of carbonyl (C=O) groups excluding carboxylic acids is 2. The highest BCUT2D eigenvalue weighted by Gasteiger charge is 2.25. The van der Waals surface area contributed by atoms with Crippen LogP contribution in [0.5, 0.6) is 0 Å². The molecule has 1 atom stereocenters. The summed E-state index contributed by atoms with van der Waals surface area (Å²) in [6.45, 7) is 5.43. The minimum atomic E-state index is -0.485. The maximum absolute atomic E-state index is 13.5. The summed E-state index contributed by atoms with van der Waals surface area (Å²) in [6.07, 6.45) is 0. The summed E-state index contributed by atoms with van der Waals surface area (Å²) in [5.41, 5.74) is 2.58. The first-order chi connectivity index (χ1) is 15.1. The molecule has 2 heterocycles. The SMILES string of the molecule is COC(=O)c1c(C)[nH]c(C(=O)CSc2nnc([C@H](C)N(C)C)n2-c2ccc(F)cc2)c1C. The number of methoxy groups -OCH3 is 1. The van der Waals surface area contributed by atoms with E-state index in [1.165, 1.54) is 31.0 Å². The Morgan fingerprint density at radius 3 is 2.47 bits per heavy atom. The minimum Gasteiger partial charge on any atom is -0.465 e. The zero-order chi connectivity index (χ0) is 23.6. The van der Waals surface area contributed by atoms with Crippen LogP contribution in [0.15, 0.2) is 29.4 Å². The lowest BCUT2D eigenvalue weighted by molar-refractivity contribution is 0.0599. The largest absolute Gasteiger partial charge is 0.465 e. The molecular formula is C22H26FN5O3S. The van der Waals surface area contributed by atoms with Gasteiger partial charge in [-0.3, -0.25) is 14.3 Å². The van der Waals surface area contributed by atoms with E-state index in [2.05, 4.69) is 15.2 Å². The van der Waals surface area contributed by atoms with Gasteiger partial charge in [0.1, 0.15) is 5.82 Å². The van der Waals surface area contributed by atoms with Crippen molar-refractivity contribution in [2.75, 3.05) is 27.0 Å². The third-order valence-corrected chi connectivity index (χ3v) is 6.26. The molecule has 0 saturated heterocycles. The Morgan fingerprint density at radius 1 is 1.22 bits per heavy atom. The Balaban J connectivity index is 1.91. The van der Waals surface area contributed by atoms with Gasteiger partial charge in [0.25, 0.3) is 0 Å². The van der Waals surface area contributed by atoms with Crippen molar-refractivity contribution in [1.29, 1.82) is 0 Å². The molecule has 0 aliphatic heterocycles. The zero-order valence-electron chi connectivity index (χ0n) is 18.9. The van der Waals surface area contributed by atoms with E-state index in [1.54, 1.807) is 26.0 Å². The van der Waals surface area contributed by atoms with Crippen LogP contribution >= 0.6 is 11.8 Å². The van der Waals surface area contributed by atoms with Gasteiger partial charge in [0, 0.05) is 11.4 Å². The number of aromatic amines is 1. The van der Waals surface area contributed by atoms with E-state index in [0.29, 0.717) is 39.2 Å². The molecule has 0 radical (unpaired) electrons. The summed E-state index contributed by atoms with van der Waals surface area (Å²) < 4.78 is 20.1. The molecule has 1 aromatic carbocycles. The van der Waals surface area contributed by atoms with Crippen molar-refractivity contribution in [3.05, 3.63) is 58.4 Å². The van der Waals surface area contributed by atoms with Gasteiger partial charge >= 0.3 is 5.97 Å². The number of ketones is 1. The first-order valence-electron chi connectivity index (χ1n) is 9.96. The van der Waals surface area contributed by atoms with Gasteiger partial charge in [-0.15, -0.1) is 10.2 Å². The fraction of sp³-hybridized carbons (Fsp3) is 0.364. The maximum atomic E-state index is 13.5. The second kappa shape index (κ2) is 9.66. The van der Waals surface area contributed by atoms with Gasteiger partial charge < -0.3 is 9.72 Å². The van der Waals surface area contributed by atoms with Crippen LogP contribution < -0.4 is 0 Å². The van der Waals surface area contributed by atoms with E-state index < -0.39 is 5.97 Å². The summed E-state index contributed by atoms with van der Waals surface area (Å²) in [6, 6.07) is 5.99. The Hall–Kier alpha value is -2.98. The molecule has 0 aliphatic carbocycles. The number of H-pyrrole nitrogens is 1. The van der Waals surface area contributed by atoms with Gasteiger partial charge in [0.2, 0.25) is 0 Å². The number of rotatable bonds is 8. The number of esters is 1. The summed E-state index contributed by atoms with van der Waals surface area (Å²) >= 11 is 1.23. The van der Waals surface area contributed by atoms with Crippen LogP contribution in [0.3, 0.4) is 0 Å². The van der Waals surface area contributed by atoms with E-state index in [-0.39, 0.29) is 23.4 Å². The number of ether oxygens (including phenoxy) is 1. The van der Waals surface area contributed by atoms with Crippen LogP contribution in [0.25, 0.3) is 5.69 Å². The number of aromatic nitrogens is 4. The fourth-order valence-electron chi connectivity index (χ4n) is 3.35. The lowest BCUT2D eigenvalue weighted by Crippen LogP contribution is -2.20. The number of benzene rings is 1. The van der Waals surface area contributed by atoms with Gasteiger partial charge in [-0.25, -0.2) is 9.18 Å². The van der Waals surface area contributed by atoms with Crippen LogP contribution in [0.1, 0.15) is 50.9 Å². The zero-order valence-corrected chi connectivity index (χ0v) is 19.7. The molecule has 10 heteroatoms. The number of nitrogens with zero attached hydrogens (tertiary/aromatic N) is 4. The van der Waals surface area contributed by atoms with Crippen molar-refractivity contribution in [3.8, 4) is 5.69 Å². The number of nitrogens with one attached hydrogen (secondary N) is 1. The Bertz CT molecular complexity index is 1140. The standard InChI is InChI=1S/C22H26FN5O3S/c1-12-18(21(30)31-6)13(2)24-19(12)17(29)11-32-22-26-25-20(14(3)27(4)5)28(22)16-9-7-15(23)8-10-16/h7-10,14,24H,11H2,1-6H3/t14-/m0/s1. The average Bonchev–Trinajstić information content (AvgIpc) is 3.32. The Labute approximate surface area is 190 Å². The van der Waals surface area contributed by atoms with Gasteiger partial charge in [0.15, 0.2) is 16.8 Å². The first-order valence-corrected chi connectivity index (χ1v) is 10.9. The Morgan fingerprint density at radius 2 is 1.88 bits per heavy atom. The predicted molar refractivity (Wildman–Crippen MR) is 120 cm³/mol. The van der Waals surface area contributed by atoms with Gasteiger partial charge in [-0.2, -0.15) is 0 Å². The van der Waals surface area contributed by atoms with Gasteiger partial charge in [-0.1, -0.05) is 11.8 Å². The molecule has 3 aromatic rings. The monoisotopic (exact) mass is 459 g/mol. The highest BCUT2D eigenvalue weighted by atomic mass is 32.2. The first kappa shape index (κ1) is 23.7. The Kier molecular flexibility index (Phi) is 7.15. The second-order valence-electron chi connectivity index (χ2n) is 7.62. The molecule has 1 N–H and O–H groups in total. The van der Waals surface area contributed by atoms with Gasteiger partial charge in [-0.05, 0) is 64.7 Å². The van der Waals surface area contributed by atoms with E-state index in [4.69, 9.17) is 4.74 Å². The van der Waals surface area contributed by atoms with Crippen molar-refractivity contribution in [2.45, 2.75) is 32.0 Å². The molecule has 0 spiro atoms. The topological polar surface area (TPSA) is 93.1 Å². The fourth-order valence-corrected chi connectivity index (χ4v) is 4.18. The van der Waals surface area contributed by atoms with Crippen LogP contribution in [-0.2, 0) is 4.74 Å². The molecule has 8 nitrogen and oxygen atoms in total. The van der Waals surface area contributed by atoms with E-state index in [0.717, 1.165) is 0 Å². The molecule has 0 saturated carbocycles. The lowest BCUT2D eigenvalue weighted by Gasteiger charge is -2.20. The summed E-state index contributed by atoms with van der Waals surface area (Å²) in [5.74, 6) is -0.247. The number of halogens is 1. The lowest BCUT2D eigenvalue weighted by atomic mass is 10.1. The quantitative estimate of drug-likeness (QED) is 0.312. The molecule has 3 rings (SSSR count). The highest BCUT2D eigenvalue weighted by Crippen LogP contribution is 2.28. The van der Waals surface area contributed by atoms with Crippen LogP contribution in [0, 0.1) is 19.7 Å². The number of aryl methyl sites for hydroxylation is 1. The molecule has 0 aliphatic rings. The molecule has 2 aromatic heterocycles. The molecular weight excluding hydrogens is 433 g/mol. The molecule has 0 unspecified atom stereocenters. The van der Waals surface area contributed by atoms with Crippen molar-refractivity contribution in [2.24, 2.45) is 0 Å². The van der Waals surface area contributed by atoms with Crippen molar-refractivity contribution >= 4 is 23.5 Å². The summed E-state index contributed by atoms with van der Waals surface area (Å²) in [4.78, 5) is 29.9. The minimum absolute atomic E-state index is 0.0616. The third kappa shape index (κ3) is 4.61. The summed E-state index contributed by atoms with van der Waals surface area (Å²) in [7, 11) is 5.17. The van der Waals surface area contributed by atoms with Crippen molar-refractivity contribution in [1.82, 2.24) is 24.6 Å². The van der Waals surface area contributed by atoms with Crippen LogP contribution in [-0.4, -0.2) is 63.4 Å². The molecule has 170 valence electrons. The van der Waals surface area contributed by atoms with E-state index in [9.17, 15) is 14.0 Å². The van der Waals surface area contributed by atoms with E-state index >= 15 is 0 Å². The molecule has 0 amide bonds. The number of hydrogen-bond donors (Lipinski definition) is 1.